The van der Waals surface area contributed by atoms with Crippen LogP contribution in [0.25, 0.3) is 0 Å². The van der Waals surface area contributed by atoms with Gasteiger partial charge in [-0.25, -0.2) is 4.39 Å². The third-order valence-electron chi connectivity index (χ3n) is 4.25. The maximum atomic E-state index is 12.8. The van der Waals surface area contributed by atoms with E-state index in [-0.39, 0.29) is 35.6 Å². The molecule has 1 amide bonds. The molecule has 1 fully saturated rings. The van der Waals surface area contributed by atoms with Gasteiger partial charge in [-0.2, -0.15) is 0 Å². The molecule has 2 rings (SSSR count). The first-order valence-electron chi connectivity index (χ1n) is 7.62. The number of hydrogen-bond acceptors (Lipinski definition) is 3. The summed E-state index contributed by atoms with van der Waals surface area (Å²) in [6.07, 6.45) is 2.77. The van der Waals surface area contributed by atoms with Crippen LogP contribution in [-0.2, 0) is 20.7 Å². The summed E-state index contributed by atoms with van der Waals surface area (Å²) in [4.78, 5) is 23.4. The molecule has 0 radical (unpaired) electrons. The number of rotatable bonds is 6. The van der Waals surface area contributed by atoms with Gasteiger partial charge in [0.1, 0.15) is 5.82 Å². The van der Waals surface area contributed by atoms with Crippen LogP contribution >= 0.6 is 0 Å². The van der Waals surface area contributed by atoms with Gasteiger partial charge in [-0.05, 0) is 43.4 Å². The van der Waals surface area contributed by atoms with E-state index >= 15 is 0 Å². The average molecular weight is 307 g/mol. The minimum absolute atomic E-state index is 0.00966. The highest BCUT2D eigenvalue weighted by molar-refractivity contribution is 5.79. The van der Waals surface area contributed by atoms with Gasteiger partial charge in [0, 0.05) is 12.0 Å². The summed E-state index contributed by atoms with van der Waals surface area (Å²) in [5.74, 6) is -0.628. The molecule has 0 aromatic heterocycles. The summed E-state index contributed by atoms with van der Waals surface area (Å²) >= 11 is 0. The van der Waals surface area contributed by atoms with Gasteiger partial charge >= 0.3 is 5.97 Å². The monoisotopic (exact) mass is 307 g/mol. The molecular weight excluding hydrogens is 285 g/mol. The third-order valence-corrected chi connectivity index (χ3v) is 4.25. The van der Waals surface area contributed by atoms with Crippen molar-refractivity contribution >= 4 is 11.9 Å². The Morgan fingerprint density at radius 3 is 2.55 bits per heavy atom. The Balaban J connectivity index is 1.69. The Bertz CT molecular complexity index is 523. The second-order valence-electron chi connectivity index (χ2n) is 5.96. The van der Waals surface area contributed by atoms with Crippen LogP contribution in [0.2, 0.25) is 0 Å². The molecule has 0 heterocycles. The van der Waals surface area contributed by atoms with Crippen molar-refractivity contribution in [1.29, 1.82) is 0 Å². The fraction of sp³-hybridized carbons (Fsp3) is 0.529. The van der Waals surface area contributed by atoms with Crippen molar-refractivity contribution in [2.24, 2.45) is 11.8 Å². The fourth-order valence-electron chi connectivity index (χ4n) is 2.60. The molecule has 22 heavy (non-hydrogen) atoms. The quantitative estimate of drug-likeness (QED) is 0.821. The highest BCUT2D eigenvalue weighted by atomic mass is 19.1. The van der Waals surface area contributed by atoms with E-state index in [9.17, 15) is 14.0 Å². The van der Waals surface area contributed by atoms with Crippen molar-refractivity contribution < 1.29 is 18.7 Å². The van der Waals surface area contributed by atoms with Crippen LogP contribution in [0, 0.1) is 17.7 Å². The standard InChI is InChI=1S/C17H22FNO3/c1-11(3-4-12-5-7-14(18)8-6-12)16(20)19-15-9-13(10-15)17(21)22-2/h5-8,11,13,15H,3-4,9-10H2,1-2H3,(H,19,20). The predicted molar refractivity (Wildman–Crippen MR) is 80.6 cm³/mol. The first-order chi connectivity index (χ1) is 10.5. The molecule has 0 aliphatic heterocycles. The van der Waals surface area contributed by atoms with Gasteiger partial charge in [0.2, 0.25) is 5.91 Å². The van der Waals surface area contributed by atoms with E-state index in [0.29, 0.717) is 19.3 Å². The van der Waals surface area contributed by atoms with Gasteiger partial charge in [0.25, 0.3) is 0 Å². The topological polar surface area (TPSA) is 55.4 Å². The number of aryl methyl sites for hydroxylation is 1. The number of hydrogen-bond donors (Lipinski definition) is 1. The van der Waals surface area contributed by atoms with Gasteiger partial charge in [-0.15, -0.1) is 0 Å². The predicted octanol–water partition coefficient (Wildman–Crippen LogP) is 2.46. The third kappa shape index (κ3) is 4.29. The maximum absolute atomic E-state index is 12.8. The van der Waals surface area contributed by atoms with Crippen LogP contribution in [0.1, 0.15) is 31.7 Å². The molecule has 0 saturated heterocycles. The van der Waals surface area contributed by atoms with Crippen LogP contribution in [0.4, 0.5) is 4.39 Å². The van der Waals surface area contributed by atoms with Crippen molar-refractivity contribution in [2.45, 2.75) is 38.6 Å². The second kappa shape index (κ2) is 7.38. The van der Waals surface area contributed by atoms with Gasteiger partial charge in [0.05, 0.1) is 13.0 Å². The Morgan fingerprint density at radius 1 is 1.32 bits per heavy atom. The van der Waals surface area contributed by atoms with Crippen molar-refractivity contribution in [2.75, 3.05) is 7.11 Å². The minimum Gasteiger partial charge on any atom is -0.469 e. The van der Waals surface area contributed by atoms with E-state index in [4.69, 9.17) is 0 Å². The van der Waals surface area contributed by atoms with E-state index in [1.54, 1.807) is 12.1 Å². The summed E-state index contributed by atoms with van der Waals surface area (Å²) in [5.41, 5.74) is 1.02. The number of amides is 1. The molecule has 1 aliphatic rings. The SMILES string of the molecule is COC(=O)C1CC(NC(=O)C(C)CCc2ccc(F)cc2)C1. The molecule has 1 N–H and O–H groups in total. The van der Waals surface area contributed by atoms with E-state index in [0.717, 1.165) is 12.0 Å². The normalized spacial score (nSPS) is 21.6. The van der Waals surface area contributed by atoms with E-state index in [1.165, 1.54) is 19.2 Å². The number of methoxy groups -OCH3 is 1. The molecule has 1 saturated carbocycles. The number of benzene rings is 1. The Morgan fingerprint density at radius 2 is 1.95 bits per heavy atom. The Labute approximate surface area is 130 Å². The molecule has 0 spiro atoms. The van der Waals surface area contributed by atoms with Gasteiger partial charge < -0.3 is 10.1 Å². The molecule has 1 aliphatic carbocycles. The number of ether oxygens (including phenoxy) is 1. The molecule has 1 atom stereocenters. The van der Waals surface area contributed by atoms with Crippen LogP contribution < -0.4 is 5.32 Å². The first-order valence-corrected chi connectivity index (χ1v) is 7.62. The molecule has 1 unspecified atom stereocenters. The van der Waals surface area contributed by atoms with Crippen molar-refractivity contribution in [3.63, 3.8) is 0 Å². The van der Waals surface area contributed by atoms with Crippen molar-refractivity contribution in [1.82, 2.24) is 5.32 Å². The zero-order valence-electron chi connectivity index (χ0n) is 13.0. The molecule has 1 aromatic rings. The highest BCUT2D eigenvalue weighted by Gasteiger charge is 2.36. The Hall–Kier alpha value is -1.91. The lowest BCUT2D eigenvalue weighted by Crippen LogP contribution is -2.48. The molecule has 120 valence electrons. The number of esters is 1. The lowest BCUT2D eigenvalue weighted by atomic mass is 9.80. The molecule has 1 aromatic carbocycles. The van der Waals surface area contributed by atoms with Crippen LogP contribution in [0.5, 0.6) is 0 Å². The minimum atomic E-state index is -0.250. The van der Waals surface area contributed by atoms with Crippen molar-refractivity contribution in [3.05, 3.63) is 35.6 Å². The zero-order chi connectivity index (χ0) is 16.1. The highest BCUT2D eigenvalue weighted by Crippen LogP contribution is 2.28. The summed E-state index contributed by atoms with van der Waals surface area (Å²) in [7, 11) is 1.38. The van der Waals surface area contributed by atoms with E-state index in [2.05, 4.69) is 10.1 Å². The van der Waals surface area contributed by atoms with Gasteiger partial charge in [0.15, 0.2) is 0 Å². The second-order valence-corrected chi connectivity index (χ2v) is 5.96. The lowest BCUT2D eigenvalue weighted by molar-refractivity contribution is -0.150. The molecular formula is C17H22FNO3. The molecule has 0 bridgehead atoms. The lowest BCUT2D eigenvalue weighted by Gasteiger charge is -2.34. The number of carbonyl (C=O) groups excluding carboxylic acids is 2. The Kier molecular flexibility index (Phi) is 5.52. The number of carbonyl (C=O) groups is 2. The summed E-state index contributed by atoms with van der Waals surface area (Å²) in [6, 6.07) is 6.42. The van der Waals surface area contributed by atoms with E-state index < -0.39 is 0 Å². The number of halogens is 1. The zero-order valence-corrected chi connectivity index (χ0v) is 13.0. The summed E-state index contributed by atoms with van der Waals surface area (Å²) < 4.78 is 17.5. The van der Waals surface area contributed by atoms with E-state index in [1.807, 2.05) is 6.92 Å². The van der Waals surface area contributed by atoms with Gasteiger partial charge in [-0.1, -0.05) is 19.1 Å². The van der Waals surface area contributed by atoms with Crippen LogP contribution in [0.3, 0.4) is 0 Å². The first kappa shape index (κ1) is 16.5. The summed E-state index contributed by atoms with van der Waals surface area (Å²) in [6.45, 7) is 1.88. The maximum Gasteiger partial charge on any atom is 0.308 e. The van der Waals surface area contributed by atoms with Crippen LogP contribution in [0.15, 0.2) is 24.3 Å². The fourth-order valence-corrected chi connectivity index (χ4v) is 2.60. The number of nitrogens with one attached hydrogen (secondary N) is 1. The largest absolute Gasteiger partial charge is 0.469 e. The average Bonchev–Trinajstić information content (AvgIpc) is 2.48. The molecule has 5 heteroatoms. The summed E-state index contributed by atoms with van der Waals surface area (Å²) in [5, 5.41) is 2.96. The smallest absolute Gasteiger partial charge is 0.308 e. The van der Waals surface area contributed by atoms with Crippen molar-refractivity contribution in [3.8, 4) is 0 Å². The van der Waals surface area contributed by atoms with Crippen LogP contribution in [-0.4, -0.2) is 25.0 Å². The molecule has 4 nitrogen and oxygen atoms in total. The van der Waals surface area contributed by atoms with Gasteiger partial charge in [-0.3, -0.25) is 9.59 Å².